The Hall–Kier alpha value is -2.08. The molecule has 0 amide bonds. The van der Waals surface area contributed by atoms with Crippen LogP contribution < -0.4 is 0 Å². The molecule has 3 aromatic rings. The Morgan fingerprint density at radius 1 is 0.742 bits per heavy atom. The fraction of sp³-hybridized carbons (Fsp3) is 0.484. The normalized spacial score (nSPS) is 15.5. The van der Waals surface area contributed by atoms with E-state index in [0.717, 1.165) is 6.42 Å². The van der Waals surface area contributed by atoms with Crippen LogP contribution in [0.15, 0.2) is 60.7 Å². The highest BCUT2D eigenvalue weighted by Gasteiger charge is 2.25. The summed E-state index contributed by atoms with van der Waals surface area (Å²) in [6, 6.07) is 22.5. The fourth-order valence-corrected chi connectivity index (χ4v) is 5.27. The van der Waals surface area contributed by atoms with E-state index in [1.807, 2.05) is 0 Å². The predicted molar refractivity (Wildman–Crippen MR) is 138 cm³/mol. The summed E-state index contributed by atoms with van der Waals surface area (Å²) in [6.07, 6.45) is 6.47. The average molecular weight is 415 g/mol. The fourth-order valence-electron chi connectivity index (χ4n) is 5.27. The Morgan fingerprint density at radius 2 is 1.42 bits per heavy atom. The molecule has 4 atom stereocenters. The molecule has 0 saturated heterocycles. The molecule has 3 rings (SSSR count). The van der Waals surface area contributed by atoms with Crippen LogP contribution in [-0.4, -0.2) is 0 Å². The van der Waals surface area contributed by atoms with Gasteiger partial charge in [-0.3, -0.25) is 0 Å². The van der Waals surface area contributed by atoms with E-state index in [4.69, 9.17) is 0 Å². The van der Waals surface area contributed by atoms with E-state index in [1.54, 1.807) is 11.1 Å². The first-order valence-corrected chi connectivity index (χ1v) is 12.5. The van der Waals surface area contributed by atoms with E-state index in [1.165, 1.54) is 47.6 Å². The van der Waals surface area contributed by atoms with Crippen LogP contribution in [0, 0.1) is 18.8 Å². The number of benzene rings is 3. The largest absolute Gasteiger partial charge is 0.0654 e. The third kappa shape index (κ3) is 5.59. The molecule has 3 aromatic carbocycles. The number of unbranched alkanes of at least 4 members (excludes halogenated alkanes) is 2. The van der Waals surface area contributed by atoms with Crippen LogP contribution in [0.5, 0.6) is 0 Å². The molecule has 0 heterocycles. The second-order valence-corrected chi connectivity index (χ2v) is 9.94. The number of hydrogen-bond acceptors (Lipinski definition) is 0. The van der Waals surface area contributed by atoms with Gasteiger partial charge in [-0.15, -0.1) is 0 Å². The maximum Gasteiger partial charge on any atom is -0.0152 e. The van der Waals surface area contributed by atoms with Gasteiger partial charge in [-0.1, -0.05) is 121 Å². The summed E-state index contributed by atoms with van der Waals surface area (Å²) in [6.45, 7) is 14.5. The van der Waals surface area contributed by atoms with Gasteiger partial charge in [0.2, 0.25) is 0 Å². The lowest BCUT2D eigenvalue weighted by molar-refractivity contribution is 0.420. The number of hydrogen-bond donors (Lipinski definition) is 0. The van der Waals surface area contributed by atoms with Crippen LogP contribution in [0.1, 0.15) is 94.4 Å². The van der Waals surface area contributed by atoms with E-state index in [-0.39, 0.29) is 0 Å². The van der Waals surface area contributed by atoms with Crippen molar-refractivity contribution in [3.63, 3.8) is 0 Å². The molecule has 0 spiro atoms. The van der Waals surface area contributed by atoms with Gasteiger partial charge >= 0.3 is 0 Å². The quantitative estimate of drug-likeness (QED) is 0.290. The van der Waals surface area contributed by atoms with Crippen LogP contribution in [0.25, 0.3) is 10.8 Å². The van der Waals surface area contributed by atoms with Crippen molar-refractivity contribution in [3.8, 4) is 0 Å². The van der Waals surface area contributed by atoms with Gasteiger partial charge in [-0.25, -0.2) is 0 Å². The van der Waals surface area contributed by atoms with Crippen molar-refractivity contribution in [1.29, 1.82) is 0 Å². The molecule has 0 saturated carbocycles. The van der Waals surface area contributed by atoms with Crippen molar-refractivity contribution < 1.29 is 0 Å². The SMILES string of the molecule is CCCCCC(C)C(C)c1cc2ccccc2c(C)c1C(C)C(C)Cc1ccccc1. The summed E-state index contributed by atoms with van der Waals surface area (Å²) >= 11 is 0. The Balaban J connectivity index is 1.99. The van der Waals surface area contributed by atoms with Crippen LogP contribution in [0.4, 0.5) is 0 Å². The van der Waals surface area contributed by atoms with Crippen LogP contribution in [-0.2, 0) is 6.42 Å². The highest BCUT2D eigenvalue weighted by Crippen LogP contribution is 2.41. The van der Waals surface area contributed by atoms with Gasteiger partial charge in [-0.05, 0) is 70.0 Å². The Kier molecular flexibility index (Phi) is 8.35. The zero-order chi connectivity index (χ0) is 22.4. The summed E-state index contributed by atoms with van der Waals surface area (Å²) in [4.78, 5) is 0. The third-order valence-corrected chi connectivity index (χ3v) is 7.71. The standard InChI is InChI=1S/C31H42/c1-7-8-10-15-22(2)24(4)30-21-28-18-13-14-19-29(28)26(6)31(30)25(5)23(3)20-27-16-11-9-12-17-27/h9,11-14,16-19,21-25H,7-8,10,15,20H2,1-6H3. The van der Waals surface area contributed by atoms with Gasteiger partial charge in [0.05, 0.1) is 0 Å². The van der Waals surface area contributed by atoms with E-state index in [9.17, 15) is 0 Å². The molecule has 31 heavy (non-hydrogen) atoms. The number of aryl methyl sites for hydroxylation is 1. The van der Waals surface area contributed by atoms with E-state index in [2.05, 4.69) is 102 Å². The molecule has 0 heteroatoms. The van der Waals surface area contributed by atoms with Gasteiger partial charge in [0.15, 0.2) is 0 Å². The maximum atomic E-state index is 2.52. The molecular formula is C31H42. The predicted octanol–water partition coefficient (Wildman–Crippen LogP) is 9.45. The first kappa shape index (κ1) is 23.6. The lowest BCUT2D eigenvalue weighted by Crippen LogP contribution is -2.17. The highest BCUT2D eigenvalue weighted by atomic mass is 14.3. The number of fused-ring (bicyclic) bond motifs is 1. The molecule has 0 aliphatic carbocycles. The number of rotatable bonds is 10. The van der Waals surface area contributed by atoms with Gasteiger partial charge in [0.25, 0.3) is 0 Å². The molecule has 0 aliphatic rings. The molecule has 166 valence electrons. The Bertz CT molecular complexity index is 952. The lowest BCUT2D eigenvalue weighted by Gasteiger charge is -2.31. The second-order valence-electron chi connectivity index (χ2n) is 9.94. The minimum atomic E-state index is 0.533. The van der Waals surface area contributed by atoms with Crippen molar-refractivity contribution >= 4 is 10.8 Å². The maximum absolute atomic E-state index is 2.52. The first-order chi connectivity index (χ1) is 14.9. The van der Waals surface area contributed by atoms with Crippen LogP contribution in [0.3, 0.4) is 0 Å². The van der Waals surface area contributed by atoms with Gasteiger partial charge < -0.3 is 0 Å². The van der Waals surface area contributed by atoms with E-state index in [0.29, 0.717) is 23.7 Å². The van der Waals surface area contributed by atoms with Crippen molar-refractivity contribution in [1.82, 2.24) is 0 Å². The minimum Gasteiger partial charge on any atom is -0.0654 e. The molecule has 0 bridgehead atoms. The van der Waals surface area contributed by atoms with Gasteiger partial charge in [-0.2, -0.15) is 0 Å². The summed E-state index contributed by atoms with van der Waals surface area (Å²) < 4.78 is 0. The molecule has 0 aliphatic heterocycles. The molecule has 0 aromatic heterocycles. The average Bonchev–Trinajstić information content (AvgIpc) is 2.78. The summed E-state index contributed by atoms with van der Waals surface area (Å²) in [5.74, 6) is 2.43. The van der Waals surface area contributed by atoms with Gasteiger partial charge in [0, 0.05) is 0 Å². The van der Waals surface area contributed by atoms with E-state index >= 15 is 0 Å². The summed E-state index contributed by atoms with van der Waals surface area (Å²) in [7, 11) is 0. The Morgan fingerprint density at radius 3 is 2.13 bits per heavy atom. The summed E-state index contributed by atoms with van der Waals surface area (Å²) in [5.41, 5.74) is 6.14. The molecule has 0 nitrogen and oxygen atoms in total. The molecule has 0 fully saturated rings. The molecule has 0 radical (unpaired) electrons. The molecule has 4 unspecified atom stereocenters. The zero-order valence-electron chi connectivity index (χ0n) is 20.6. The van der Waals surface area contributed by atoms with Crippen molar-refractivity contribution in [2.75, 3.05) is 0 Å². The topological polar surface area (TPSA) is 0 Å². The Labute approximate surface area is 191 Å². The lowest BCUT2D eigenvalue weighted by atomic mass is 9.74. The summed E-state index contributed by atoms with van der Waals surface area (Å²) in [5, 5.41) is 2.82. The molecular weight excluding hydrogens is 372 g/mol. The second kappa shape index (κ2) is 11.0. The van der Waals surface area contributed by atoms with Crippen molar-refractivity contribution in [2.45, 2.75) is 85.5 Å². The van der Waals surface area contributed by atoms with Crippen LogP contribution in [0.2, 0.25) is 0 Å². The zero-order valence-corrected chi connectivity index (χ0v) is 20.6. The molecule has 0 N–H and O–H groups in total. The monoisotopic (exact) mass is 414 g/mol. The van der Waals surface area contributed by atoms with E-state index < -0.39 is 0 Å². The highest BCUT2D eigenvalue weighted by molar-refractivity contribution is 5.88. The minimum absolute atomic E-state index is 0.533. The first-order valence-electron chi connectivity index (χ1n) is 12.5. The van der Waals surface area contributed by atoms with Crippen molar-refractivity contribution in [2.24, 2.45) is 11.8 Å². The van der Waals surface area contributed by atoms with Crippen LogP contribution >= 0.6 is 0 Å². The van der Waals surface area contributed by atoms with Gasteiger partial charge in [0.1, 0.15) is 0 Å². The van der Waals surface area contributed by atoms with Crippen molar-refractivity contribution in [3.05, 3.63) is 82.9 Å². The smallest absolute Gasteiger partial charge is 0.0152 e. The third-order valence-electron chi connectivity index (χ3n) is 7.71.